The van der Waals surface area contributed by atoms with Crippen molar-refractivity contribution in [2.24, 2.45) is 0 Å². The van der Waals surface area contributed by atoms with Crippen molar-refractivity contribution in [2.75, 3.05) is 11.9 Å². The Morgan fingerprint density at radius 3 is 3.11 bits per heavy atom. The summed E-state index contributed by atoms with van der Waals surface area (Å²) >= 11 is 0. The minimum atomic E-state index is -0.300. The predicted molar refractivity (Wildman–Crippen MR) is 68.7 cm³/mol. The number of aromatic amines is 1. The lowest BCUT2D eigenvalue weighted by Crippen LogP contribution is -2.04. The molecule has 0 bridgehead atoms. The fraction of sp³-hybridized carbons (Fsp3) is 0.385. The van der Waals surface area contributed by atoms with Crippen molar-refractivity contribution >= 4 is 23.0 Å². The molecule has 94 valence electrons. The van der Waals surface area contributed by atoms with Crippen molar-refractivity contribution in [1.29, 1.82) is 0 Å². The lowest BCUT2D eigenvalue weighted by molar-refractivity contribution is 0.0526. The number of nitrogens with one attached hydrogen (secondary N) is 2. The number of carbonyl (C=O) groups is 1. The summed E-state index contributed by atoms with van der Waals surface area (Å²) in [5, 5.41) is 3.30. The van der Waals surface area contributed by atoms with Crippen molar-refractivity contribution in [3.05, 3.63) is 23.8 Å². The van der Waals surface area contributed by atoms with Gasteiger partial charge in [-0.05, 0) is 38.0 Å². The first-order valence-corrected chi connectivity index (χ1v) is 6.19. The van der Waals surface area contributed by atoms with Gasteiger partial charge < -0.3 is 15.0 Å². The molecule has 1 aliphatic carbocycles. The maximum Gasteiger partial charge on any atom is 0.338 e. The van der Waals surface area contributed by atoms with Crippen LogP contribution in [-0.4, -0.2) is 28.6 Å². The zero-order chi connectivity index (χ0) is 12.5. The third-order valence-electron chi connectivity index (χ3n) is 2.91. The predicted octanol–water partition coefficient (Wildman–Crippen LogP) is 2.31. The average molecular weight is 245 g/mol. The van der Waals surface area contributed by atoms with E-state index in [4.69, 9.17) is 4.74 Å². The number of esters is 1. The summed E-state index contributed by atoms with van der Waals surface area (Å²) in [4.78, 5) is 19.2. The van der Waals surface area contributed by atoms with E-state index in [9.17, 15) is 4.79 Å². The van der Waals surface area contributed by atoms with Crippen LogP contribution in [0, 0.1) is 0 Å². The third kappa shape index (κ3) is 2.16. The minimum absolute atomic E-state index is 0.300. The Bertz CT molecular complexity index is 587. The van der Waals surface area contributed by atoms with Crippen LogP contribution in [0.4, 0.5) is 5.95 Å². The van der Waals surface area contributed by atoms with Crippen LogP contribution in [0.3, 0.4) is 0 Å². The molecule has 0 aliphatic heterocycles. The van der Waals surface area contributed by atoms with Gasteiger partial charge in [0, 0.05) is 6.04 Å². The van der Waals surface area contributed by atoms with Crippen molar-refractivity contribution in [3.8, 4) is 0 Å². The largest absolute Gasteiger partial charge is 0.462 e. The lowest BCUT2D eigenvalue weighted by atomic mass is 10.2. The summed E-state index contributed by atoms with van der Waals surface area (Å²) in [5.74, 6) is 0.471. The highest BCUT2D eigenvalue weighted by atomic mass is 16.5. The number of benzene rings is 1. The molecule has 1 aromatic carbocycles. The highest BCUT2D eigenvalue weighted by Crippen LogP contribution is 2.24. The highest BCUT2D eigenvalue weighted by Gasteiger charge is 2.22. The number of rotatable bonds is 4. The van der Waals surface area contributed by atoms with E-state index in [2.05, 4.69) is 15.3 Å². The summed E-state index contributed by atoms with van der Waals surface area (Å²) < 4.78 is 4.97. The Morgan fingerprint density at radius 2 is 2.39 bits per heavy atom. The Kier molecular flexibility index (Phi) is 2.66. The number of imidazole rings is 1. The van der Waals surface area contributed by atoms with Crippen molar-refractivity contribution < 1.29 is 9.53 Å². The molecule has 5 heteroatoms. The number of fused-ring (bicyclic) bond motifs is 1. The van der Waals surface area contributed by atoms with E-state index >= 15 is 0 Å². The van der Waals surface area contributed by atoms with E-state index < -0.39 is 0 Å². The van der Waals surface area contributed by atoms with Crippen LogP contribution in [-0.2, 0) is 4.74 Å². The van der Waals surface area contributed by atoms with E-state index in [0.29, 0.717) is 18.2 Å². The summed E-state index contributed by atoms with van der Waals surface area (Å²) in [6.45, 7) is 2.18. The second-order valence-electron chi connectivity index (χ2n) is 4.46. The van der Waals surface area contributed by atoms with Gasteiger partial charge in [0.2, 0.25) is 5.95 Å². The zero-order valence-electron chi connectivity index (χ0n) is 10.2. The number of ether oxygens (including phenoxy) is 1. The van der Waals surface area contributed by atoms with E-state index in [0.717, 1.165) is 17.0 Å². The maximum absolute atomic E-state index is 11.6. The smallest absolute Gasteiger partial charge is 0.338 e. The lowest BCUT2D eigenvalue weighted by Gasteiger charge is -2.00. The molecule has 5 nitrogen and oxygen atoms in total. The molecule has 0 unspecified atom stereocenters. The number of anilines is 1. The number of hydrogen-bond donors (Lipinski definition) is 2. The molecular weight excluding hydrogens is 230 g/mol. The molecule has 3 rings (SSSR count). The molecule has 2 N–H and O–H groups in total. The van der Waals surface area contributed by atoms with E-state index in [1.165, 1.54) is 12.8 Å². The maximum atomic E-state index is 11.6. The molecule has 1 saturated carbocycles. The van der Waals surface area contributed by atoms with Gasteiger partial charge in [0.15, 0.2) is 0 Å². The van der Waals surface area contributed by atoms with Gasteiger partial charge in [0.25, 0.3) is 0 Å². The fourth-order valence-corrected chi connectivity index (χ4v) is 1.84. The first kappa shape index (κ1) is 11.1. The molecule has 0 atom stereocenters. The Labute approximate surface area is 105 Å². The fourth-order valence-electron chi connectivity index (χ4n) is 1.84. The monoisotopic (exact) mass is 245 g/mol. The number of aromatic nitrogens is 2. The van der Waals surface area contributed by atoms with Crippen LogP contribution in [0.5, 0.6) is 0 Å². The summed E-state index contributed by atoms with van der Waals surface area (Å²) in [5.41, 5.74) is 2.25. The molecule has 0 amide bonds. The quantitative estimate of drug-likeness (QED) is 0.811. The van der Waals surface area contributed by atoms with Gasteiger partial charge in [-0.2, -0.15) is 0 Å². The van der Waals surface area contributed by atoms with Crippen molar-refractivity contribution in [3.63, 3.8) is 0 Å². The van der Waals surface area contributed by atoms with E-state index in [-0.39, 0.29) is 5.97 Å². The number of H-pyrrole nitrogens is 1. The topological polar surface area (TPSA) is 67.0 Å². The zero-order valence-corrected chi connectivity index (χ0v) is 10.2. The van der Waals surface area contributed by atoms with Crippen LogP contribution in [0.25, 0.3) is 11.0 Å². The van der Waals surface area contributed by atoms with Crippen molar-refractivity contribution in [1.82, 2.24) is 9.97 Å². The standard InChI is InChI=1S/C13H15N3O2/c1-2-18-12(17)8-3-6-10-11(7-8)16-13(15-10)14-9-4-5-9/h3,6-7,9H,2,4-5H2,1H3,(H2,14,15,16). The van der Waals surface area contributed by atoms with Crippen LogP contribution in [0.1, 0.15) is 30.1 Å². The molecule has 0 radical (unpaired) electrons. The van der Waals surface area contributed by atoms with Gasteiger partial charge in [-0.25, -0.2) is 9.78 Å². The molecule has 2 aromatic rings. The molecule has 1 aliphatic rings. The average Bonchev–Trinajstić information content (AvgIpc) is 3.07. The molecule has 1 aromatic heterocycles. The number of carbonyl (C=O) groups excluding carboxylic acids is 1. The summed E-state index contributed by atoms with van der Waals surface area (Å²) in [7, 11) is 0. The Balaban J connectivity index is 1.88. The number of nitrogens with zero attached hydrogens (tertiary/aromatic N) is 1. The summed E-state index contributed by atoms with van der Waals surface area (Å²) in [6.07, 6.45) is 2.40. The van der Waals surface area contributed by atoms with Crippen LogP contribution in [0.2, 0.25) is 0 Å². The van der Waals surface area contributed by atoms with Crippen molar-refractivity contribution in [2.45, 2.75) is 25.8 Å². The Morgan fingerprint density at radius 1 is 1.56 bits per heavy atom. The van der Waals surface area contributed by atoms with Crippen LogP contribution in [0.15, 0.2) is 18.2 Å². The molecule has 1 heterocycles. The normalized spacial score (nSPS) is 14.7. The highest BCUT2D eigenvalue weighted by molar-refractivity contribution is 5.94. The first-order chi connectivity index (χ1) is 8.76. The minimum Gasteiger partial charge on any atom is -0.462 e. The van der Waals surface area contributed by atoms with Gasteiger partial charge in [0.1, 0.15) is 0 Å². The van der Waals surface area contributed by atoms with E-state index in [1.807, 2.05) is 6.07 Å². The van der Waals surface area contributed by atoms with Gasteiger partial charge >= 0.3 is 5.97 Å². The second kappa shape index (κ2) is 4.33. The molecule has 0 saturated heterocycles. The van der Waals surface area contributed by atoms with Crippen LogP contribution < -0.4 is 5.32 Å². The van der Waals surface area contributed by atoms with Gasteiger partial charge in [-0.1, -0.05) is 0 Å². The van der Waals surface area contributed by atoms with Gasteiger partial charge in [-0.15, -0.1) is 0 Å². The molecule has 18 heavy (non-hydrogen) atoms. The SMILES string of the molecule is CCOC(=O)c1ccc2nc(NC3CC3)[nH]c2c1. The van der Waals surface area contributed by atoms with Gasteiger partial charge in [0.05, 0.1) is 23.2 Å². The molecule has 0 spiro atoms. The van der Waals surface area contributed by atoms with E-state index in [1.54, 1.807) is 19.1 Å². The molecule has 1 fully saturated rings. The summed E-state index contributed by atoms with van der Waals surface area (Å²) in [6, 6.07) is 5.89. The third-order valence-corrected chi connectivity index (χ3v) is 2.91. The first-order valence-electron chi connectivity index (χ1n) is 6.19. The second-order valence-corrected chi connectivity index (χ2v) is 4.46. The van der Waals surface area contributed by atoms with Gasteiger partial charge in [-0.3, -0.25) is 0 Å². The molecular formula is C13H15N3O2. The number of hydrogen-bond acceptors (Lipinski definition) is 4. The Hall–Kier alpha value is -2.04. The van der Waals surface area contributed by atoms with Crippen LogP contribution >= 0.6 is 0 Å².